The van der Waals surface area contributed by atoms with Crippen LogP contribution in [0.2, 0.25) is 10.2 Å². The van der Waals surface area contributed by atoms with Crippen molar-refractivity contribution < 1.29 is 5.11 Å². The number of hydrogen-bond acceptors (Lipinski definition) is 5. The van der Waals surface area contributed by atoms with Crippen LogP contribution in [0.4, 0.5) is 0 Å². The number of halogens is 2. The molecule has 1 atom stereocenters. The molecule has 8 heteroatoms. The zero-order chi connectivity index (χ0) is 15.0. The molecule has 0 radical (unpaired) electrons. The fourth-order valence-electron chi connectivity index (χ4n) is 1.96. The molecule has 0 amide bonds. The summed E-state index contributed by atoms with van der Waals surface area (Å²) in [6.45, 7) is 0. The summed E-state index contributed by atoms with van der Waals surface area (Å²) in [5.74, 6) is 0. The van der Waals surface area contributed by atoms with E-state index in [2.05, 4.69) is 15.3 Å². The Morgan fingerprint density at radius 1 is 1.29 bits per heavy atom. The average Bonchev–Trinajstić information content (AvgIpc) is 2.88. The first-order valence-corrected chi connectivity index (χ1v) is 6.84. The standard InChI is InChI=1S/C13H11Cl2N5O/c1-19-7-16-10(5-13(19)21)9-4-8(14)2-3-11(9)20-6-12(15)17-18-20/h2-7,13,21H,1H3. The molecule has 21 heavy (non-hydrogen) atoms. The van der Waals surface area contributed by atoms with Crippen LogP contribution in [0.3, 0.4) is 0 Å². The highest BCUT2D eigenvalue weighted by Gasteiger charge is 2.17. The maximum Gasteiger partial charge on any atom is 0.171 e. The van der Waals surface area contributed by atoms with Gasteiger partial charge in [-0.3, -0.25) is 0 Å². The van der Waals surface area contributed by atoms with E-state index in [0.717, 1.165) is 11.3 Å². The number of aliphatic hydroxyl groups excluding tert-OH is 1. The van der Waals surface area contributed by atoms with Crippen molar-refractivity contribution in [1.82, 2.24) is 19.9 Å². The predicted molar refractivity (Wildman–Crippen MR) is 81.6 cm³/mol. The number of hydrogen-bond donors (Lipinski definition) is 1. The lowest BCUT2D eigenvalue weighted by Gasteiger charge is -2.23. The highest BCUT2D eigenvalue weighted by atomic mass is 35.5. The molecule has 1 aliphatic heterocycles. The number of nitrogens with zero attached hydrogens (tertiary/aromatic N) is 5. The fourth-order valence-corrected chi connectivity index (χ4v) is 2.26. The Hall–Kier alpha value is -1.89. The first-order chi connectivity index (χ1) is 10.0. The molecule has 1 aromatic carbocycles. The summed E-state index contributed by atoms with van der Waals surface area (Å²) in [6, 6.07) is 5.29. The quantitative estimate of drug-likeness (QED) is 0.920. The van der Waals surface area contributed by atoms with Crippen molar-refractivity contribution in [1.29, 1.82) is 0 Å². The number of likely N-dealkylation sites (N-methyl/N-ethyl adjacent to an activating group) is 1. The molecule has 1 aromatic heterocycles. The Bertz CT molecular complexity index is 740. The van der Waals surface area contributed by atoms with Gasteiger partial charge in [-0.1, -0.05) is 28.4 Å². The van der Waals surface area contributed by atoms with E-state index in [0.29, 0.717) is 10.7 Å². The molecular weight excluding hydrogens is 313 g/mol. The first kappa shape index (κ1) is 14.1. The predicted octanol–water partition coefficient (Wildman–Crippen LogP) is 2.21. The van der Waals surface area contributed by atoms with Crippen molar-refractivity contribution in [2.45, 2.75) is 6.23 Å². The van der Waals surface area contributed by atoms with E-state index in [-0.39, 0.29) is 5.15 Å². The van der Waals surface area contributed by atoms with Crippen molar-refractivity contribution >= 4 is 35.2 Å². The smallest absolute Gasteiger partial charge is 0.171 e. The van der Waals surface area contributed by atoms with E-state index in [4.69, 9.17) is 23.2 Å². The lowest BCUT2D eigenvalue weighted by molar-refractivity contribution is 0.117. The summed E-state index contributed by atoms with van der Waals surface area (Å²) in [5.41, 5.74) is 2.05. The summed E-state index contributed by atoms with van der Waals surface area (Å²) in [5, 5.41) is 18.5. The normalized spacial score (nSPS) is 18.0. The molecule has 1 N–H and O–H groups in total. The van der Waals surface area contributed by atoms with Crippen LogP contribution in [0.15, 0.2) is 35.5 Å². The van der Waals surface area contributed by atoms with Crippen molar-refractivity contribution in [3.8, 4) is 5.69 Å². The Morgan fingerprint density at radius 2 is 2.10 bits per heavy atom. The van der Waals surface area contributed by atoms with E-state index in [1.54, 1.807) is 48.8 Å². The van der Waals surface area contributed by atoms with E-state index in [1.807, 2.05) is 0 Å². The fraction of sp³-hybridized carbons (Fsp3) is 0.154. The van der Waals surface area contributed by atoms with Crippen LogP contribution in [0, 0.1) is 0 Å². The molecule has 0 saturated heterocycles. The molecule has 108 valence electrons. The lowest BCUT2D eigenvalue weighted by atomic mass is 10.1. The third kappa shape index (κ3) is 2.78. The Morgan fingerprint density at radius 3 is 2.76 bits per heavy atom. The highest BCUT2D eigenvalue weighted by Crippen LogP contribution is 2.28. The number of aromatic nitrogens is 3. The number of rotatable bonds is 2. The van der Waals surface area contributed by atoms with Gasteiger partial charge >= 0.3 is 0 Å². The zero-order valence-corrected chi connectivity index (χ0v) is 12.5. The molecule has 2 heterocycles. The van der Waals surface area contributed by atoms with Gasteiger partial charge in [-0.25, -0.2) is 9.67 Å². The Kier molecular flexibility index (Phi) is 3.67. The van der Waals surface area contributed by atoms with Gasteiger partial charge in [0.15, 0.2) is 5.15 Å². The zero-order valence-electron chi connectivity index (χ0n) is 11.0. The molecule has 1 aliphatic rings. The summed E-state index contributed by atoms with van der Waals surface area (Å²) in [4.78, 5) is 5.90. The van der Waals surface area contributed by atoms with Crippen LogP contribution < -0.4 is 0 Å². The molecule has 0 fully saturated rings. The third-order valence-corrected chi connectivity index (χ3v) is 3.46. The van der Waals surface area contributed by atoms with E-state index < -0.39 is 6.23 Å². The number of aliphatic hydroxyl groups is 1. The topological polar surface area (TPSA) is 66.5 Å². The van der Waals surface area contributed by atoms with Crippen molar-refractivity contribution in [3.63, 3.8) is 0 Å². The Labute approximate surface area is 130 Å². The molecule has 6 nitrogen and oxygen atoms in total. The maximum atomic E-state index is 9.91. The highest BCUT2D eigenvalue weighted by molar-refractivity contribution is 6.31. The second-order valence-corrected chi connectivity index (χ2v) is 5.35. The van der Waals surface area contributed by atoms with Crippen LogP contribution >= 0.6 is 23.2 Å². The summed E-state index contributed by atoms with van der Waals surface area (Å²) >= 11 is 11.9. The second kappa shape index (κ2) is 5.48. The SMILES string of the molecule is CN1C=NC(c2cc(Cl)ccc2-n2cc(Cl)nn2)=CC1O. The van der Waals surface area contributed by atoms with Crippen LogP contribution in [0.25, 0.3) is 11.4 Å². The van der Waals surface area contributed by atoms with Gasteiger partial charge in [-0.05, 0) is 24.3 Å². The third-order valence-electron chi connectivity index (χ3n) is 3.05. The van der Waals surface area contributed by atoms with Crippen molar-refractivity contribution in [2.24, 2.45) is 4.99 Å². The van der Waals surface area contributed by atoms with Crippen molar-refractivity contribution in [3.05, 3.63) is 46.2 Å². The van der Waals surface area contributed by atoms with Gasteiger partial charge in [0.2, 0.25) is 0 Å². The summed E-state index contributed by atoms with van der Waals surface area (Å²) in [6.07, 6.45) is 4.03. The minimum atomic E-state index is -0.747. The minimum Gasteiger partial charge on any atom is -0.370 e. The van der Waals surface area contributed by atoms with Gasteiger partial charge in [0.1, 0.15) is 6.23 Å². The van der Waals surface area contributed by atoms with Gasteiger partial charge < -0.3 is 10.0 Å². The Balaban J connectivity index is 2.12. The van der Waals surface area contributed by atoms with Gasteiger partial charge in [-0.2, -0.15) is 0 Å². The number of aliphatic imine (C=N–C) groups is 1. The van der Waals surface area contributed by atoms with E-state index in [9.17, 15) is 5.11 Å². The van der Waals surface area contributed by atoms with E-state index in [1.165, 1.54) is 4.68 Å². The summed E-state index contributed by atoms with van der Waals surface area (Å²) in [7, 11) is 1.73. The second-order valence-electron chi connectivity index (χ2n) is 4.52. The molecule has 0 aliphatic carbocycles. The van der Waals surface area contributed by atoms with Crippen LogP contribution in [0.5, 0.6) is 0 Å². The minimum absolute atomic E-state index is 0.289. The molecule has 0 saturated carbocycles. The van der Waals surface area contributed by atoms with E-state index >= 15 is 0 Å². The molecule has 3 rings (SSSR count). The van der Waals surface area contributed by atoms with Gasteiger partial charge in [0.05, 0.1) is 23.9 Å². The monoisotopic (exact) mass is 323 g/mol. The van der Waals surface area contributed by atoms with Crippen LogP contribution in [-0.4, -0.2) is 44.6 Å². The van der Waals surface area contributed by atoms with Crippen LogP contribution in [-0.2, 0) is 0 Å². The largest absolute Gasteiger partial charge is 0.370 e. The van der Waals surface area contributed by atoms with Gasteiger partial charge in [-0.15, -0.1) is 5.10 Å². The molecular formula is C13H11Cl2N5O. The van der Waals surface area contributed by atoms with Gasteiger partial charge in [0, 0.05) is 17.6 Å². The first-order valence-electron chi connectivity index (χ1n) is 6.09. The number of benzene rings is 1. The van der Waals surface area contributed by atoms with Gasteiger partial charge in [0.25, 0.3) is 0 Å². The lowest BCUT2D eigenvalue weighted by Crippen LogP contribution is -2.30. The van der Waals surface area contributed by atoms with Crippen LogP contribution in [0.1, 0.15) is 5.56 Å². The molecule has 0 bridgehead atoms. The maximum absolute atomic E-state index is 9.91. The molecule has 2 aromatic rings. The molecule has 1 unspecified atom stereocenters. The average molecular weight is 324 g/mol. The summed E-state index contributed by atoms with van der Waals surface area (Å²) < 4.78 is 1.54. The van der Waals surface area contributed by atoms with Crippen molar-refractivity contribution in [2.75, 3.05) is 7.05 Å². The molecule has 0 spiro atoms.